The van der Waals surface area contributed by atoms with Gasteiger partial charge in [0.05, 0.1) is 11.3 Å². The molecular weight excluding hydrogens is 387 g/mol. The van der Waals surface area contributed by atoms with Gasteiger partial charge in [-0.3, -0.25) is 4.79 Å². The SMILES string of the molecule is Cc1sc(NC(=O)CCC2CCNC2)nc1-c1c(F)cc(F)cc1F.Cl. The van der Waals surface area contributed by atoms with E-state index in [9.17, 15) is 18.0 Å². The first-order chi connectivity index (χ1) is 11.9. The summed E-state index contributed by atoms with van der Waals surface area (Å²) in [5.41, 5.74) is -0.303. The fourth-order valence-corrected chi connectivity index (χ4v) is 3.76. The maximum absolute atomic E-state index is 13.9. The number of hydrogen-bond acceptors (Lipinski definition) is 4. The molecule has 4 nitrogen and oxygen atoms in total. The van der Waals surface area contributed by atoms with E-state index in [4.69, 9.17) is 0 Å². The van der Waals surface area contributed by atoms with Crippen molar-refractivity contribution in [2.75, 3.05) is 18.4 Å². The maximum atomic E-state index is 13.9. The summed E-state index contributed by atoms with van der Waals surface area (Å²) < 4.78 is 40.9. The number of nitrogens with one attached hydrogen (secondary N) is 2. The van der Waals surface area contributed by atoms with Crippen molar-refractivity contribution in [2.45, 2.75) is 26.2 Å². The molecule has 1 aromatic heterocycles. The predicted octanol–water partition coefficient (Wildman–Crippen LogP) is 4.29. The molecule has 2 N–H and O–H groups in total. The molecule has 9 heteroatoms. The molecule has 0 radical (unpaired) electrons. The molecule has 1 saturated heterocycles. The molecule has 2 aromatic rings. The summed E-state index contributed by atoms with van der Waals surface area (Å²) >= 11 is 1.13. The van der Waals surface area contributed by atoms with Gasteiger partial charge in [0.25, 0.3) is 0 Å². The molecule has 1 aliphatic heterocycles. The molecule has 1 aliphatic rings. The van der Waals surface area contributed by atoms with E-state index < -0.39 is 17.5 Å². The molecule has 3 rings (SSSR count). The van der Waals surface area contributed by atoms with Crippen LogP contribution < -0.4 is 10.6 Å². The number of aromatic nitrogens is 1. The Morgan fingerprint density at radius 3 is 2.65 bits per heavy atom. The fourth-order valence-electron chi connectivity index (χ4n) is 2.93. The lowest BCUT2D eigenvalue weighted by Crippen LogP contribution is -2.14. The minimum Gasteiger partial charge on any atom is -0.316 e. The standard InChI is InChI=1S/C17H18F3N3OS.ClH/c1-9-16(15-12(19)6-11(18)7-13(15)20)23-17(25-9)22-14(24)3-2-10-4-5-21-8-10;/h6-7,10,21H,2-5,8H2,1H3,(H,22,23,24);1H. The topological polar surface area (TPSA) is 54.0 Å². The molecule has 1 atom stereocenters. The fraction of sp³-hybridized carbons (Fsp3) is 0.412. The minimum absolute atomic E-state index is 0. The van der Waals surface area contributed by atoms with Crippen LogP contribution in [0.5, 0.6) is 0 Å². The molecule has 1 amide bonds. The average Bonchev–Trinajstić information content (AvgIpc) is 3.15. The van der Waals surface area contributed by atoms with Crippen molar-refractivity contribution >= 4 is 34.8 Å². The van der Waals surface area contributed by atoms with E-state index in [0.717, 1.165) is 37.3 Å². The van der Waals surface area contributed by atoms with Crippen molar-refractivity contribution in [3.63, 3.8) is 0 Å². The van der Waals surface area contributed by atoms with Gasteiger partial charge >= 0.3 is 0 Å². The van der Waals surface area contributed by atoms with Gasteiger partial charge in [-0.1, -0.05) is 0 Å². The number of amides is 1. The zero-order chi connectivity index (χ0) is 18.0. The van der Waals surface area contributed by atoms with E-state index in [1.54, 1.807) is 6.92 Å². The Bertz CT molecular complexity index is 771. The van der Waals surface area contributed by atoms with E-state index in [0.29, 0.717) is 29.3 Å². The highest BCUT2D eigenvalue weighted by molar-refractivity contribution is 7.16. The van der Waals surface area contributed by atoms with E-state index in [1.165, 1.54) is 0 Å². The molecule has 1 unspecified atom stereocenters. The highest BCUT2D eigenvalue weighted by Gasteiger charge is 2.21. The molecule has 1 aromatic carbocycles. The van der Waals surface area contributed by atoms with Gasteiger partial charge in [0.1, 0.15) is 17.5 Å². The zero-order valence-corrected chi connectivity index (χ0v) is 15.7. The van der Waals surface area contributed by atoms with Crippen molar-refractivity contribution in [1.29, 1.82) is 0 Å². The second-order valence-electron chi connectivity index (χ2n) is 6.11. The summed E-state index contributed by atoms with van der Waals surface area (Å²) in [6, 6.07) is 1.23. The monoisotopic (exact) mass is 405 g/mol. The van der Waals surface area contributed by atoms with Crippen molar-refractivity contribution in [2.24, 2.45) is 5.92 Å². The van der Waals surface area contributed by atoms with Crippen LogP contribution in [-0.4, -0.2) is 24.0 Å². The molecular formula is C17H19ClF3N3OS. The van der Waals surface area contributed by atoms with Gasteiger partial charge in [0.15, 0.2) is 5.13 Å². The number of aryl methyl sites for hydroxylation is 1. The smallest absolute Gasteiger partial charge is 0.226 e. The first kappa shape index (κ1) is 20.7. The van der Waals surface area contributed by atoms with Gasteiger partial charge in [-0.25, -0.2) is 18.2 Å². The molecule has 1 fully saturated rings. The Morgan fingerprint density at radius 1 is 1.35 bits per heavy atom. The summed E-state index contributed by atoms with van der Waals surface area (Å²) in [5.74, 6) is -2.69. The molecule has 0 aliphatic carbocycles. The van der Waals surface area contributed by atoms with E-state index in [-0.39, 0.29) is 34.7 Å². The van der Waals surface area contributed by atoms with Gasteiger partial charge in [0, 0.05) is 23.4 Å². The number of carbonyl (C=O) groups is 1. The Kier molecular flexibility index (Phi) is 7.02. The van der Waals surface area contributed by atoms with Crippen LogP contribution >= 0.6 is 23.7 Å². The van der Waals surface area contributed by atoms with E-state index in [2.05, 4.69) is 15.6 Å². The van der Waals surface area contributed by atoms with Gasteiger partial charge in [0.2, 0.25) is 5.91 Å². The summed E-state index contributed by atoms with van der Waals surface area (Å²) in [5, 5.41) is 6.21. The normalized spacial score (nSPS) is 16.4. The number of carbonyl (C=O) groups excluding carboxylic acids is 1. The molecule has 0 spiro atoms. The molecule has 26 heavy (non-hydrogen) atoms. The molecule has 2 heterocycles. The summed E-state index contributed by atoms with van der Waals surface area (Å²) in [6.45, 7) is 3.56. The highest BCUT2D eigenvalue weighted by atomic mass is 35.5. The van der Waals surface area contributed by atoms with Gasteiger partial charge < -0.3 is 10.6 Å². The lowest BCUT2D eigenvalue weighted by Gasteiger charge is -2.07. The highest BCUT2D eigenvalue weighted by Crippen LogP contribution is 2.34. The Balaban J connectivity index is 0.00000243. The summed E-state index contributed by atoms with van der Waals surface area (Å²) in [4.78, 5) is 16.7. The van der Waals surface area contributed by atoms with Crippen molar-refractivity contribution in [3.8, 4) is 11.3 Å². The molecule has 0 bridgehead atoms. The summed E-state index contributed by atoms with van der Waals surface area (Å²) in [7, 11) is 0. The van der Waals surface area contributed by atoms with Crippen molar-refractivity contribution in [1.82, 2.24) is 10.3 Å². The number of halogens is 4. The number of hydrogen-bond donors (Lipinski definition) is 2. The lowest BCUT2D eigenvalue weighted by atomic mass is 10.0. The Morgan fingerprint density at radius 2 is 2.04 bits per heavy atom. The Hall–Kier alpha value is -1.64. The van der Waals surface area contributed by atoms with Crippen LogP contribution in [0.2, 0.25) is 0 Å². The summed E-state index contributed by atoms with van der Waals surface area (Å²) in [6.07, 6.45) is 2.23. The number of nitrogens with zero attached hydrogens (tertiary/aromatic N) is 1. The van der Waals surface area contributed by atoms with Gasteiger partial charge in [-0.15, -0.1) is 23.7 Å². The largest absolute Gasteiger partial charge is 0.316 e. The first-order valence-electron chi connectivity index (χ1n) is 8.07. The number of rotatable bonds is 5. The Labute approximate surface area is 159 Å². The second kappa shape index (κ2) is 8.83. The van der Waals surface area contributed by atoms with Crippen molar-refractivity contribution < 1.29 is 18.0 Å². The third-order valence-corrected chi connectivity index (χ3v) is 5.11. The van der Waals surface area contributed by atoms with Crippen LogP contribution in [-0.2, 0) is 4.79 Å². The van der Waals surface area contributed by atoms with Gasteiger partial charge in [-0.05, 0) is 38.8 Å². The third-order valence-electron chi connectivity index (χ3n) is 4.23. The van der Waals surface area contributed by atoms with Crippen LogP contribution in [0.1, 0.15) is 24.1 Å². The predicted molar refractivity (Wildman–Crippen MR) is 98.2 cm³/mol. The first-order valence-corrected chi connectivity index (χ1v) is 8.88. The van der Waals surface area contributed by atoms with Gasteiger partial charge in [-0.2, -0.15) is 0 Å². The van der Waals surface area contributed by atoms with E-state index in [1.807, 2.05) is 0 Å². The molecule has 0 saturated carbocycles. The third kappa shape index (κ3) is 4.75. The van der Waals surface area contributed by atoms with Crippen molar-refractivity contribution in [3.05, 3.63) is 34.5 Å². The van der Waals surface area contributed by atoms with Crippen LogP contribution in [0, 0.1) is 30.3 Å². The average molecular weight is 406 g/mol. The molecule has 142 valence electrons. The zero-order valence-electron chi connectivity index (χ0n) is 14.1. The van der Waals surface area contributed by atoms with Crippen LogP contribution in [0.15, 0.2) is 12.1 Å². The minimum atomic E-state index is -1.02. The van der Waals surface area contributed by atoms with Crippen LogP contribution in [0.25, 0.3) is 11.3 Å². The second-order valence-corrected chi connectivity index (χ2v) is 7.32. The van der Waals surface area contributed by atoms with Crippen LogP contribution in [0.4, 0.5) is 18.3 Å². The lowest BCUT2D eigenvalue weighted by molar-refractivity contribution is -0.116. The quantitative estimate of drug-likeness (QED) is 0.780. The van der Waals surface area contributed by atoms with E-state index >= 15 is 0 Å². The maximum Gasteiger partial charge on any atom is 0.226 e. The van der Waals surface area contributed by atoms with Crippen LogP contribution in [0.3, 0.4) is 0 Å². The number of benzene rings is 1. The number of thiazole rings is 1. The number of anilines is 1.